The van der Waals surface area contributed by atoms with Crippen LogP contribution in [0.3, 0.4) is 0 Å². The Bertz CT molecular complexity index is 480. The molecule has 1 unspecified atom stereocenters. The van der Waals surface area contributed by atoms with Crippen LogP contribution in [0.25, 0.3) is 0 Å². The van der Waals surface area contributed by atoms with Gasteiger partial charge in [-0.2, -0.15) is 0 Å². The Balaban J connectivity index is 1.63. The zero-order valence-corrected chi connectivity index (χ0v) is 19.6. The first kappa shape index (κ1) is 22.5. The van der Waals surface area contributed by atoms with Crippen LogP contribution in [-0.4, -0.2) is 83.3 Å². The Labute approximate surface area is 174 Å². The molecule has 4 heteroatoms. The van der Waals surface area contributed by atoms with Crippen LogP contribution in [0, 0.1) is 10.8 Å². The van der Waals surface area contributed by atoms with Gasteiger partial charge in [0.2, 0.25) is 0 Å². The Morgan fingerprint density at radius 2 is 1.50 bits per heavy atom. The third-order valence-corrected chi connectivity index (χ3v) is 7.77. The molecule has 164 valence electrons. The van der Waals surface area contributed by atoms with Gasteiger partial charge in [-0.3, -0.25) is 9.80 Å². The maximum absolute atomic E-state index is 9.76. The topological polar surface area (TPSA) is 30.0 Å². The zero-order valence-electron chi connectivity index (χ0n) is 19.6. The predicted molar refractivity (Wildman–Crippen MR) is 119 cm³/mol. The number of nitrogens with zero attached hydrogens (tertiary/aromatic N) is 3. The highest BCUT2D eigenvalue weighted by Crippen LogP contribution is 2.47. The van der Waals surface area contributed by atoms with E-state index in [1.807, 2.05) is 0 Å². The molecule has 1 atom stereocenters. The average Bonchev–Trinajstić information content (AvgIpc) is 2.59. The Morgan fingerprint density at radius 1 is 0.893 bits per heavy atom. The van der Waals surface area contributed by atoms with Gasteiger partial charge in [-0.05, 0) is 76.3 Å². The maximum Gasteiger partial charge on any atom is 0.0446 e. The van der Waals surface area contributed by atoms with Crippen LogP contribution in [0.4, 0.5) is 0 Å². The van der Waals surface area contributed by atoms with Crippen molar-refractivity contribution in [1.29, 1.82) is 0 Å². The smallest absolute Gasteiger partial charge is 0.0446 e. The van der Waals surface area contributed by atoms with Gasteiger partial charge in [-0.25, -0.2) is 0 Å². The summed E-state index contributed by atoms with van der Waals surface area (Å²) in [5, 5.41) is 9.76. The molecule has 0 spiro atoms. The number of rotatable bonds is 5. The molecule has 3 rings (SSSR count). The second kappa shape index (κ2) is 8.91. The Kier molecular flexibility index (Phi) is 7.17. The molecule has 3 fully saturated rings. The molecule has 3 aliphatic rings. The molecule has 0 aromatic heterocycles. The average molecular weight is 394 g/mol. The van der Waals surface area contributed by atoms with Gasteiger partial charge in [0, 0.05) is 50.4 Å². The van der Waals surface area contributed by atoms with Gasteiger partial charge in [0.1, 0.15) is 0 Å². The fraction of sp³-hybridized carbons (Fsp3) is 1.00. The lowest BCUT2D eigenvalue weighted by atomic mass is 9.63. The largest absolute Gasteiger partial charge is 0.396 e. The Hall–Kier alpha value is -0.160. The minimum Gasteiger partial charge on any atom is -0.396 e. The van der Waals surface area contributed by atoms with E-state index in [1.165, 1.54) is 58.3 Å². The van der Waals surface area contributed by atoms with Crippen molar-refractivity contribution in [3.8, 4) is 0 Å². The van der Waals surface area contributed by atoms with Crippen LogP contribution in [0.2, 0.25) is 0 Å². The number of hydrogen-bond acceptors (Lipinski definition) is 4. The lowest BCUT2D eigenvalue weighted by Crippen LogP contribution is -2.61. The van der Waals surface area contributed by atoms with Crippen LogP contribution >= 0.6 is 0 Å². The lowest BCUT2D eigenvalue weighted by molar-refractivity contribution is -0.0416. The number of aliphatic hydroxyl groups is 1. The molecule has 2 saturated heterocycles. The third-order valence-electron chi connectivity index (χ3n) is 7.77. The van der Waals surface area contributed by atoms with Crippen molar-refractivity contribution in [1.82, 2.24) is 14.7 Å². The summed E-state index contributed by atoms with van der Waals surface area (Å²) < 4.78 is 0. The van der Waals surface area contributed by atoms with Crippen molar-refractivity contribution in [2.24, 2.45) is 10.8 Å². The van der Waals surface area contributed by atoms with Crippen molar-refractivity contribution in [3.05, 3.63) is 0 Å². The van der Waals surface area contributed by atoms with Crippen LogP contribution in [0.15, 0.2) is 0 Å². The monoisotopic (exact) mass is 393 g/mol. The minimum absolute atomic E-state index is 0.321. The summed E-state index contributed by atoms with van der Waals surface area (Å²) >= 11 is 0. The fourth-order valence-corrected chi connectivity index (χ4v) is 6.89. The number of piperidine rings is 1. The second-order valence-corrected chi connectivity index (χ2v) is 11.8. The zero-order chi connectivity index (χ0) is 20.5. The normalized spacial score (nSPS) is 31.5. The Morgan fingerprint density at radius 3 is 2.04 bits per heavy atom. The first-order valence-electron chi connectivity index (χ1n) is 11.9. The van der Waals surface area contributed by atoms with Gasteiger partial charge in [0.15, 0.2) is 0 Å². The number of likely N-dealkylation sites (tertiary alicyclic amines) is 1. The summed E-state index contributed by atoms with van der Waals surface area (Å²) in [6, 6.07) is 2.63. The standard InChI is InChI=1S/C24H47N3O/c1-19(2)25-10-7-20(8-11-25)27-13-12-26(17-21(27)9-14-28)22-15-23(3,4)18-24(5,6)16-22/h19-22,28H,7-18H2,1-6H3. The lowest BCUT2D eigenvalue weighted by Gasteiger charge is -2.53. The molecule has 0 bridgehead atoms. The van der Waals surface area contributed by atoms with Crippen molar-refractivity contribution in [2.45, 2.75) is 104 Å². The van der Waals surface area contributed by atoms with Crippen LogP contribution in [-0.2, 0) is 0 Å². The molecule has 0 radical (unpaired) electrons. The van der Waals surface area contributed by atoms with Crippen molar-refractivity contribution in [2.75, 3.05) is 39.3 Å². The fourth-order valence-electron chi connectivity index (χ4n) is 6.89. The molecule has 2 aliphatic heterocycles. The molecular weight excluding hydrogens is 346 g/mol. The summed E-state index contributed by atoms with van der Waals surface area (Å²) in [6.07, 6.45) is 7.52. The predicted octanol–water partition coefficient (Wildman–Crippen LogP) is 3.83. The SMILES string of the molecule is CC(C)N1CCC(N2CCN(C3CC(C)(C)CC(C)(C)C3)CC2CCO)CC1. The highest BCUT2D eigenvalue weighted by atomic mass is 16.3. The maximum atomic E-state index is 9.76. The van der Waals surface area contributed by atoms with Gasteiger partial charge in [-0.15, -0.1) is 0 Å². The van der Waals surface area contributed by atoms with E-state index in [0.717, 1.165) is 13.0 Å². The van der Waals surface area contributed by atoms with E-state index in [1.54, 1.807) is 0 Å². The van der Waals surface area contributed by atoms with Crippen molar-refractivity contribution < 1.29 is 5.11 Å². The van der Waals surface area contributed by atoms with Gasteiger partial charge in [0.05, 0.1) is 0 Å². The minimum atomic E-state index is 0.321. The van der Waals surface area contributed by atoms with Crippen molar-refractivity contribution in [3.63, 3.8) is 0 Å². The molecule has 1 aliphatic carbocycles. The van der Waals surface area contributed by atoms with E-state index in [2.05, 4.69) is 56.2 Å². The molecule has 1 N–H and O–H groups in total. The molecular formula is C24H47N3O. The molecule has 4 nitrogen and oxygen atoms in total. The summed E-state index contributed by atoms with van der Waals surface area (Å²) in [7, 11) is 0. The van der Waals surface area contributed by atoms with Crippen LogP contribution < -0.4 is 0 Å². The van der Waals surface area contributed by atoms with E-state index in [-0.39, 0.29) is 0 Å². The van der Waals surface area contributed by atoms with E-state index in [0.29, 0.717) is 41.6 Å². The molecule has 28 heavy (non-hydrogen) atoms. The molecule has 2 heterocycles. The summed E-state index contributed by atoms with van der Waals surface area (Å²) in [4.78, 5) is 8.20. The molecule has 0 aromatic carbocycles. The first-order chi connectivity index (χ1) is 13.1. The molecule has 1 saturated carbocycles. The van der Waals surface area contributed by atoms with E-state index >= 15 is 0 Å². The number of hydrogen-bond donors (Lipinski definition) is 1. The van der Waals surface area contributed by atoms with Gasteiger partial charge < -0.3 is 10.0 Å². The van der Waals surface area contributed by atoms with Crippen molar-refractivity contribution >= 4 is 0 Å². The van der Waals surface area contributed by atoms with Gasteiger partial charge in [0.25, 0.3) is 0 Å². The van der Waals surface area contributed by atoms with Crippen LogP contribution in [0.5, 0.6) is 0 Å². The van der Waals surface area contributed by atoms with Crippen LogP contribution in [0.1, 0.15) is 80.1 Å². The van der Waals surface area contributed by atoms with E-state index in [9.17, 15) is 5.11 Å². The highest BCUT2D eigenvalue weighted by Gasteiger charge is 2.43. The second-order valence-electron chi connectivity index (χ2n) is 11.8. The van der Waals surface area contributed by atoms with Gasteiger partial charge >= 0.3 is 0 Å². The number of aliphatic hydroxyl groups excluding tert-OH is 1. The molecule has 0 aromatic rings. The molecule has 0 amide bonds. The van der Waals surface area contributed by atoms with E-state index in [4.69, 9.17) is 0 Å². The summed E-state index contributed by atoms with van der Waals surface area (Å²) in [5.41, 5.74) is 0.888. The highest BCUT2D eigenvalue weighted by molar-refractivity contribution is 4.97. The summed E-state index contributed by atoms with van der Waals surface area (Å²) in [6.45, 7) is 20.8. The quantitative estimate of drug-likeness (QED) is 0.769. The third kappa shape index (κ3) is 5.50. The first-order valence-corrected chi connectivity index (χ1v) is 11.9. The summed E-state index contributed by atoms with van der Waals surface area (Å²) in [5.74, 6) is 0. The number of piperazine rings is 1. The van der Waals surface area contributed by atoms with E-state index < -0.39 is 0 Å². The van der Waals surface area contributed by atoms with Gasteiger partial charge in [-0.1, -0.05) is 27.7 Å².